The van der Waals surface area contributed by atoms with Crippen LogP contribution in [-0.4, -0.2) is 9.55 Å². The fourth-order valence-electron chi connectivity index (χ4n) is 2.07. The van der Waals surface area contributed by atoms with E-state index < -0.39 is 0 Å². The minimum absolute atomic E-state index is 0.628. The number of benzene rings is 1. The Balaban J connectivity index is 2.21. The molecule has 1 aromatic carbocycles. The van der Waals surface area contributed by atoms with Gasteiger partial charge in [0, 0.05) is 24.1 Å². The summed E-state index contributed by atoms with van der Waals surface area (Å²) in [5.41, 5.74) is 8.29. The van der Waals surface area contributed by atoms with E-state index in [2.05, 4.69) is 40.0 Å². The van der Waals surface area contributed by atoms with Crippen LogP contribution in [0.25, 0.3) is 21.3 Å². The largest absolute Gasteiger partial charge is 0.382 e. The molecule has 86 valence electrons. The lowest BCUT2D eigenvalue weighted by molar-refractivity contribution is 0.969. The van der Waals surface area contributed by atoms with Gasteiger partial charge in [-0.1, -0.05) is 6.07 Å². The molecule has 0 fully saturated rings. The van der Waals surface area contributed by atoms with Crippen molar-refractivity contribution in [3.8, 4) is 10.4 Å². The van der Waals surface area contributed by atoms with Crippen molar-refractivity contribution in [2.24, 2.45) is 7.05 Å². The van der Waals surface area contributed by atoms with Crippen LogP contribution in [0.3, 0.4) is 0 Å². The molecule has 0 aliphatic carbocycles. The van der Waals surface area contributed by atoms with Crippen molar-refractivity contribution in [1.82, 2.24) is 9.55 Å². The summed E-state index contributed by atoms with van der Waals surface area (Å²) in [5.74, 6) is 0.628. The van der Waals surface area contributed by atoms with E-state index in [-0.39, 0.29) is 0 Å². The highest BCUT2D eigenvalue weighted by molar-refractivity contribution is 7.15. The topological polar surface area (TPSA) is 43.8 Å². The number of aromatic nitrogens is 2. The standard InChI is InChI=1S/C13H13N3S/c1-8-15-13(14)12(17-8)10-3-4-11-9(7-10)5-6-16(11)2/h3-7H,14H2,1-2H3. The van der Waals surface area contributed by atoms with E-state index in [0.29, 0.717) is 5.82 Å². The van der Waals surface area contributed by atoms with Crippen LogP contribution in [0.15, 0.2) is 30.5 Å². The van der Waals surface area contributed by atoms with E-state index in [1.165, 1.54) is 10.9 Å². The molecule has 0 amide bonds. The molecule has 2 N–H and O–H groups in total. The van der Waals surface area contributed by atoms with Crippen molar-refractivity contribution in [3.63, 3.8) is 0 Å². The molecule has 2 aromatic heterocycles. The number of nitrogens with two attached hydrogens (primary N) is 1. The fourth-order valence-corrected chi connectivity index (χ4v) is 2.91. The number of rotatable bonds is 1. The Hall–Kier alpha value is -1.81. The highest BCUT2D eigenvalue weighted by Gasteiger charge is 2.09. The summed E-state index contributed by atoms with van der Waals surface area (Å²) >= 11 is 1.64. The van der Waals surface area contributed by atoms with E-state index in [1.807, 2.05) is 14.0 Å². The van der Waals surface area contributed by atoms with Gasteiger partial charge in [-0.25, -0.2) is 4.98 Å². The second-order valence-corrected chi connectivity index (χ2v) is 5.35. The lowest BCUT2D eigenvalue weighted by Crippen LogP contribution is -1.87. The van der Waals surface area contributed by atoms with Gasteiger partial charge >= 0.3 is 0 Å². The molecule has 0 spiro atoms. The molecule has 0 saturated carbocycles. The van der Waals surface area contributed by atoms with Crippen molar-refractivity contribution < 1.29 is 0 Å². The van der Waals surface area contributed by atoms with Crippen molar-refractivity contribution in [3.05, 3.63) is 35.5 Å². The van der Waals surface area contributed by atoms with E-state index in [9.17, 15) is 0 Å². The Morgan fingerprint density at radius 2 is 2.12 bits per heavy atom. The predicted octanol–water partition coefficient (Wildman–Crippen LogP) is 3.19. The van der Waals surface area contributed by atoms with E-state index >= 15 is 0 Å². The molecule has 0 radical (unpaired) electrons. The second-order valence-electron chi connectivity index (χ2n) is 4.15. The summed E-state index contributed by atoms with van der Waals surface area (Å²) in [5, 5.41) is 2.24. The average Bonchev–Trinajstić information content (AvgIpc) is 2.82. The quantitative estimate of drug-likeness (QED) is 0.713. The Bertz CT molecular complexity index is 694. The first-order valence-corrected chi connectivity index (χ1v) is 6.25. The first-order chi connectivity index (χ1) is 8.15. The number of thiazole rings is 1. The number of anilines is 1. The van der Waals surface area contributed by atoms with Crippen LogP contribution < -0.4 is 5.73 Å². The Labute approximate surface area is 104 Å². The summed E-state index contributed by atoms with van der Waals surface area (Å²) < 4.78 is 2.11. The predicted molar refractivity (Wildman–Crippen MR) is 73.2 cm³/mol. The molecule has 3 rings (SSSR count). The first-order valence-electron chi connectivity index (χ1n) is 5.43. The molecule has 0 atom stereocenters. The summed E-state index contributed by atoms with van der Waals surface area (Å²) in [4.78, 5) is 5.33. The lowest BCUT2D eigenvalue weighted by atomic mass is 10.1. The third kappa shape index (κ3) is 1.61. The average molecular weight is 243 g/mol. The van der Waals surface area contributed by atoms with E-state index in [4.69, 9.17) is 5.73 Å². The van der Waals surface area contributed by atoms with Gasteiger partial charge < -0.3 is 10.3 Å². The zero-order valence-electron chi connectivity index (χ0n) is 9.77. The SMILES string of the molecule is Cc1nc(N)c(-c2ccc3c(ccn3C)c2)s1. The van der Waals surface area contributed by atoms with Crippen molar-refractivity contribution in [2.75, 3.05) is 5.73 Å². The zero-order chi connectivity index (χ0) is 12.0. The number of nitrogen functional groups attached to an aromatic ring is 1. The number of hydrogen-bond acceptors (Lipinski definition) is 3. The molecule has 4 heteroatoms. The van der Waals surface area contributed by atoms with Crippen molar-refractivity contribution >= 4 is 28.1 Å². The van der Waals surface area contributed by atoms with Crippen LogP contribution in [0.2, 0.25) is 0 Å². The molecule has 3 nitrogen and oxygen atoms in total. The highest BCUT2D eigenvalue weighted by Crippen LogP contribution is 2.33. The van der Waals surface area contributed by atoms with Crippen LogP contribution in [0.4, 0.5) is 5.82 Å². The minimum atomic E-state index is 0.628. The molecule has 2 heterocycles. The highest BCUT2D eigenvalue weighted by atomic mass is 32.1. The van der Waals surface area contributed by atoms with Gasteiger partial charge in [0.25, 0.3) is 0 Å². The molecule has 17 heavy (non-hydrogen) atoms. The molecular formula is C13H13N3S. The van der Waals surface area contributed by atoms with Crippen molar-refractivity contribution in [2.45, 2.75) is 6.92 Å². The van der Waals surface area contributed by atoms with E-state index in [0.717, 1.165) is 15.4 Å². The van der Waals surface area contributed by atoms with E-state index in [1.54, 1.807) is 11.3 Å². The molecular weight excluding hydrogens is 230 g/mol. The Morgan fingerprint density at radius 1 is 1.29 bits per heavy atom. The van der Waals surface area contributed by atoms with Crippen LogP contribution in [0.1, 0.15) is 5.01 Å². The maximum atomic E-state index is 5.92. The first kappa shape index (κ1) is 10.4. The summed E-state index contributed by atoms with van der Waals surface area (Å²) in [6.07, 6.45) is 2.07. The summed E-state index contributed by atoms with van der Waals surface area (Å²) in [6, 6.07) is 8.51. The lowest BCUT2D eigenvalue weighted by Gasteiger charge is -2.00. The fraction of sp³-hybridized carbons (Fsp3) is 0.154. The number of aryl methyl sites for hydroxylation is 2. The van der Waals surface area contributed by atoms with Gasteiger partial charge in [-0.15, -0.1) is 11.3 Å². The molecule has 0 bridgehead atoms. The normalized spacial score (nSPS) is 11.2. The van der Waals surface area contributed by atoms with Crippen LogP contribution in [0, 0.1) is 6.92 Å². The minimum Gasteiger partial charge on any atom is -0.382 e. The van der Waals surface area contributed by atoms with Gasteiger partial charge in [0.15, 0.2) is 0 Å². The maximum absolute atomic E-state index is 5.92. The maximum Gasteiger partial charge on any atom is 0.142 e. The zero-order valence-corrected chi connectivity index (χ0v) is 10.6. The molecule has 0 aliphatic heterocycles. The number of nitrogens with zero attached hydrogens (tertiary/aromatic N) is 2. The molecule has 0 saturated heterocycles. The smallest absolute Gasteiger partial charge is 0.142 e. The van der Waals surface area contributed by atoms with Gasteiger partial charge in [-0.3, -0.25) is 0 Å². The van der Waals surface area contributed by atoms with Gasteiger partial charge in [0.05, 0.1) is 9.88 Å². The van der Waals surface area contributed by atoms with Gasteiger partial charge in [0.2, 0.25) is 0 Å². The monoisotopic (exact) mass is 243 g/mol. The second kappa shape index (κ2) is 3.60. The van der Waals surface area contributed by atoms with Crippen LogP contribution >= 0.6 is 11.3 Å². The Morgan fingerprint density at radius 3 is 2.82 bits per heavy atom. The summed E-state index contributed by atoms with van der Waals surface area (Å²) in [6.45, 7) is 1.98. The van der Waals surface area contributed by atoms with Gasteiger partial charge in [-0.2, -0.15) is 0 Å². The third-order valence-corrected chi connectivity index (χ3v) is 3.94. The number of hydrogen-bond donors (Lipinski definition) is 1. The molecule has 3 aromatic rings. The summed E-state index contributed by atoms with van der Waals surface area (Å²) in [7, 11) is 2.05. The Kier molecular flexibility index (Phi) is 2.19. The van der Waals surface area contributed by atoms with Gasteiger partial charge in [0.1, 0.15) is 5.82 Å². The van der Waals surface area contributed by atoms with Crippen LogP contribution in [-0.2, 0) is 7.05 Å². The molecule has 0 aliphatic rings. The molecule has 0 unspecified atom stereocenters. The van der Waals surface area contributed by atoms with Crippen molar-refractivity contribution in [1.29, 1.82) is 0 Å². The third-order valence-electron chi connectivity index (χ3n) is 2.91. The number of fused-ring (bicyclic) bond motifs is 1. The van der Waals surface area contributed by atoms with Gasteiger partial charge in [-0.05, 0) is 30.7 Å². The van der Waals surface area contributed by atoms with Crippen LogP contribution in [0.5, 0.6) is 0 Å².